The number of nitrogens with zero attached hydrogens (tertiary/aromatic N) is 2. The molecule has 1 aliphatic heterocycles. The van der Waals surface area contributed by atoms with Gasteiger partial charge in [-0.3, -0.25) is 4.79 Å². The Balaban J connectivity index is 1.87. The summed E-state index contributed by atoms with van der Waals surface area (Å²) in [6.45, 7) is 1.38. The molecule has 0 saturated carbocycles. The third-order valence-electron chi connectivity index (χ3n) is 5.28. The molecule has 1 fully saturated rings. The van der Waals surface area contributed by atoms with Crippen LogP contribution in [-0.2, 0) is 16.6 Å². The van der Waals surface area contributed by atoms with E-state index in [4.69, 9.17) is 16.3 Å². The van der Waals surface area contributed by atoms with E-state index >= 15 is 0 Å². The average molecular weight is 451 g/mol. The Kier molecular flexibility index (Phi) is 7.39. The molecule has 0 radical (unpaired) electrons. The fourth-order valence-electron chi connectivity index (χ4n) is 3.59. The predicted octanol–water partition coefficient (Wildman–Crippen LogP) is 4.19. The zero-order valence-electron chi connectivity index (χ0n) is 17.3. The number of rotatable bonds is 6. The van der Waals surface area contributed by atoms with Crippen LogP contribution in [0.4, 0.5) is 0 Å². The van der Waals surface area contributed by atoms with E-state index in [9.17, 15) is 13.2 Å². The highest BCUT2D eigenvalue weighted by Crippen LogP contribution is 2.27. The van der Waals surface area contributed by atoms with Gasteiger partial charge in [-0.2, -0.15) is 4.31 Å². The molecule has 0 aliphatic carbocycles. The maximum absolute atomic E-state index is 13.2. The van der Waals surface area contributed by atoms with Crippen LogP contribution in [0.15, 0.2) is 47.4 Å². The quantitative estimate of drug-likeness (QED) is 0.662. The van der Waals surface area contributed by atoms with Crippen molar-refractivity contribution in [3.05, 3.63) is 58.6 Å². The summed E-state index contributed by atoms with van der Waals surface area (Å²) >= 11 is 5.92. The van der Waals surface area contributed by atoms with Crippen molar-refractivity contribution in [3.8, 4) is 5.75 Å². The molecule has 0 spiro atoms. The molecule has 1 heterocycles. The molecule has 2 aromatic carbocycles. The Morgan fingerprint density at radius 1 is 1.07 bits per heavy atom. The topological polar surface area (TPSA) is 66.9 Å². The Labute approximate surface area is 183 Å². The van der Waals surface area contributed by atoms with Crippen LogP contribution in [0.2, 0.25) is 5.02 Å². The number of ether oxygens (including phenoxy) is 1. The van der Waals surface area contributed by atoms with E-state index in [2.05, 4.69) is 0 Å². The Morgan fingerprint density at radius 3 is 2.30 bits per heavy atom. The summed E-state index contributed by atoms with van der Waals surface area (Å²) in [5.41, 5.74) is 1.15. The highest BCUT2D eigenvalue weighted by Gasteiger charge is 2.27. The third kappa shape index (κ3) is 5.14. The highest BCUT2D eigenvalue weighted by molar-refractivity contribution is 7.89. The van der Waals surface area contributed by atoms with Crippen LogP contribution in [-0.4, -0.2) is 50.8 Å². The maximum Gasteiger partial charge on any atom is 0.257 e. The van der Waals surface area contributed by atoms with Crippen molar-refractivity contribution in [1.29, 1.82) is 0 Å². The Morgan fingerprint density at radius 2 is 1.70 bits per heavy atom. The molecule has 30 heavy (non-hydrogen) atoms. The summed E-state index contributed by atoms with van der Waals surface area (Å²) in [7, 11) is -0.524. The number of hydrogen-bond acceptors (Lipinski definition) is 4. The summed E-state index contributed by atoms with van der Waals surface area (Å²) in [5.74, 6) is 0.0347. The first-order chi connectivity index (χ1) is 14.3. The standard InChI is InChI=1S/C22H27ClN2O4S/c1-24(16-17-7-9-18(23)10-8-17)22(26)20-15-19(11-12-21(20)29-2)30(27,28)25-13-5-3-4-6-14-25/h7-12,15H,3-6,13-14,16H2,1-2H3. The van der Waals surface area contributed by atoms with Crippen LogP contribution < -0.4 is 4.74 Å². The Hall–Kier alpha value is -2.09. The fraction of sp³-hybridized carbons (Fsp3) is 0.409. The Bertz CT molecular complexity index is 985. The van der Waals surface area contributed by atoms with Gasteiger partial charge in [-0.1, -0.05) is 36.6 Å². The van der Waals surface area contributed by atoms with Crippen LogP contribution in [0.5, 0.6) is 5.75 Å². The van der Waals surface area contributed by atoms with Crippen molar-refractivity contribution in [2.24, 2.45) is 0 Å². The molecule has 8 heteroatoms. The first-order valence-corrected chi connectivity index (χ1v) is 11.8. The van der Waals surface area contributed by atoms with Gasteiger partial charge in [0, 0.05) is 31.7 Å². The second kappa shape index (κ2) is 9.81. The molecule has 162 valence electrons. The van der Waals surface area contributed by atoms with Gasteiger partial charge in [0.2, 0.25) is 10.0 Å². The van der Waals surface area contributed by atoms with Crippen molar-refractivity contribution in [2.45, 2.75) is 37.1 Å². The van der Waals surface area contributed by atoms with Crippen molar-refractivity contribution in [1.82, 2.24) is 9.21 Å². The van der Waals surface area contributed by atoms with Crippen molar-refractivity contribution in [3.63, 3.8) is 0 Å². The maximum atomic E-state index is 13.2. The summed E-state index contributed by atoms with van der Waals surface area (Å²) < 4.78 is 33.2. The summed E-state index contributed by atoms with van der Waals surface area (Å²) in [4.78, 5) is 14.8. The van der Waals surface area contributed by atoms with E-state index in [0.717, 1.165) is 31.2 Å². The summed E-state index contributed by atoms with van der Waals surface area (Å²) in [6.07, 6.45) is 3.78. The second-order valence-corrected chi connectivity index (χ2v) is 9.84. The molecule has 1 saturated heterocycles. The van der Waals surface area contributed by atoms with Gasteiger partial charge in [-0.25, -0.2) is 8.42 Å². The average Bonchev–Trinajstić information content (AvgIpc) is 3.04. The molecule has 3 rings (SSSR count). The van der Waals surface area contributed by atoms with E-state index in [0.29, 0.717) is 30.4 Å². The van der Waals surface area contributed by atoms with Gasteiger partial charge in [0.25, 0.3) is 5.91 Å². The van der Waals surface area contributed by atoms with Crippen LogP contribution in [0, 0.1) is 0 Å². The number of amides is 1. The smallest absolute Gasteiger partial charge is 0.257 e. The summed E-state index contributed by atoms with van der Waals surface area (Å²) in [5, 5.41) is 0.626. The monoisotopic (exact) mass is 450 g/mol. The van der Waals surface area contributed by atoms with Crippen LogP contribution in [0.1, 0.15) is 41.6 Å². The minimum atomic E-state index is -3.66. The van der Waals surface area contributed by atoms with E-state index in [-0.39, 0.29) is 16.4 Å². The minimum absolute atomic E-state index is 0.119. The molecular weight excluding hydrogens is 424 g/mol. The van der Waals surface area contributed by atoms with Gasteiger partial charge in [-0.05, 0) is 48.7 Å². The van der Waals surface area contributed by atoms with E-state index in [1.807, 2.05) is 12.1 Å². The molecule has 1 amide bonds. The zero-order valence-corrected chi connectivity index (χ0v) is 18.9. The number of halogens is 1. The largest absolute Gasteiger partial charge is 0.496 e. The van der Waals surface area contributed by atoms with E-state index in [1.54, 1.807) is 25.2 Å². The van der Waals surface area contributed by atoms with Crippen molar-refractivity contribution in [2.75, 3.05) is 27.2 Å². The third-order valence-corrected chi connectivity index (χ3v) is 7.43. The van der Waals surface area contributed by atoms with Gasteiger partial charge in [0.15, 0.2) is 0 Å². The molecule has 0 bridgehead atoms. The zero-order chi connectivity index (χ0) is 21.7. The molecule has 2 aromatic rings. The van der Waals surface area contributed by atoms with E-state index in [1.165, 1.54) is 28.4 Å². The fourth-order valence-corrected chi connectivity index (χ4v) is 5.26. The van der Waals surface area contributed by atoms with Crippen molar-refractivity contribution < 1.29 is 17.9 Å². The number of methoxy groups -OCH3 is 1. The van der Waals surface area contributed by atoms with Gasteiger partial charge in [-0.15, -0.1) is 0 Å². The van der Waals surface area contributed by atoms with Crippen LogP contribution in [0.25, 0.3) is 0 Å². The van der Waals surface area contributed by atoms with Gasteiger partial charge in [0.05, 0.1) is 17.6 Å². The van der Waals surface area contributed by atoms with Crippen LogP contribution in [0.3, 0.4) is 0 Å². The van der Waals surface area contributed by atoms with Gasteiger partial charge < -0.3 is 9.64 Å². The second-order valence-electron chi connectivity index (χ2n) is 7.47. The molecule has 6 nitrogen and oxygen atoms in total. The lowest BCUT2D eigenvalue weighted by Gasteiger charge is -2.22. The number of carbonyl (C=O) groups excluding carboxylic acids is 1. The lowest BCUT2D eigenvalue weighted by Crippen LogP contribution is -2.32. The summed E-state index contributed by atoms with van der Waals surface area (Å²) in [6, 6.07) is 11.7. The molecule has 1 aliphatic rings. The number of benzene rings is 2. The SMILES string of the molecule is COc1ccc(S(=O)(=O)N2CCCCCC2)cc1C(=O)N(C)Cc1ccc(Cl)cc1. The lowest BCUT2D eigenvalue weighted by molar-refractivity contribution is 0.0781. The molecule has 0 N–H and O–H groups in total. The van der Waals surface area contributed by atoms with Gasteiger partial charge in [0.1, 0.15) is 5.75 Å². The number of sulfonamides is 1. The molecule has 0 unspecified atom stereocenters. The molecule has 0 aromatic heterocycles. The molecular formula is C22H27ClN2O4S. The lowest BCUT2D eigenvalue weighted by atomic mass is 10.1. The van der Waals surface area contributed by atoms with E-state index < -0.39 is 10.0 Å². The van der Waals surface area contributed by atoms with Crippen molar-refractivity contribution >= 4 is 27.5 Å². The minimum Gasteiger partial charge on any atom is -0.496 e. The molecule has 0 atom stereocenters. The highest BCUT2D eigenvalue weighted by atomic mass is 35.5. The predicted molar refractivity (Wildman–Crippen MR) is 117 cm³/mol. The first kappa shape index (κ1) is 22.6. The normalized spacial score (nSPS) is 15.4. The first-order valence-electron chi connectivity index (χ1n) is 10.0. The number of carbonyl (C=O) groups is 1. The van der Waals surface area contributed by atoms with Gasteiger partial charge >= 0.3 is 0 Å². The number of hydrogen-bond donors (Lipinski definition) is 0. The van der Waals surface area contributed by atoms with Crippen LogP contribution >= 0.6 is 11.6 Å².